The highest BCUT2D eigenvalue weighted by molar-refractivity contribution is 5.31. The highest BCUT2D eigenvalue weighted by Crippen LogP contribution is 2.20. The Balaban J connectivity index is 1.96. The van der Waals surface area contributed by atoms with Crippen LogP contribution in [0.15, 0.2) is 24.5 Å². The van der Waals surface area contributed by atoms with Crippen LogP contribution in [-0.4, -0.2) is 42.1 Å². The van der Waals surface area contributed by atoms with Crippen molar-refractivity contribution in [2.45, 2.75) is 13.1 Å². The average Bonchev–Trinajstić information content (AvgIpc) is 2.93. The number of methoxy groups -OCH3 is 2. The maximum atomic E-state index is 14.0. The molecule has 0 aliphatic heterocycles. The van der Waals surface area contributed by atoms with Crippen LogP contribution in [0.25, 0.3) is 0 Å². The van der Waals surface area contributed by atoms with E-state index in [0.717, 1.165) is 6.54 Å². The molecule has 7 heteroatoms. The summed E-state index contributed by atoms with van der Waals surface area (Å²) in [6, 6.07) is 5.04. The summed E-state index contributed by atoms with van der Waals surface area (Å²) in [5.41, 5.74) is 0.512. The first-order valence-corrected chi connectivity index (χ1v) is 6.64. The first-order chi connectivity index (χ1) is 10.2. The van der Waals surface area contributed by atoms with Crippen LogP contribution in [-0.2, 0) is 17.8 Å². The van der Waals surface area contributed by atoms with Gasteiger partial charge in [0.25, 0.3) is 0 Å². The van der Waals surface area contributed by atoms with Crippen molar-refractivity contribution in [3.63, 3.8) is 0 Å². The van der Waals surface area contributed by atoms with Gasteiger partial charge in [0.2, 0.25) is 0 Å². The van der Waals surface area contributed by atoms with E-state index in [-0.39, 0.29) is 11.6 Å². The van der Waals surface area contributed by atoms with E-state index in [9.17, 15) is 4.39 Å². The molecule has 21 heavy (non-hydrogen) atoms. The molecule has 0 fully saturated rings. The van der Waals surface area contributed by atoms with Crippen molar-refractivity contribution in [1.29, 1.82) is 0 Å². The Hall–Kier alpha value is -1.99. The zero-order chi connectivity index (χ0) is 15.1. The van der Waals surface area contributed by atoms with Gasteiger partial charge in [-0.05, 0) is 6.07 Å². The van der Waals surface area contributed by atoms with E-state index in [1.807, 2.05) is 0 Å². The van der Waals surface area contributed by atoms with Crippen LogP contribution in [0.5, 0.6) is 5.75 Å². The Labute approximate surface area is 122 Å². The Morgan fingerprint density at radius 1 is 1.33 bits per heavy atom. The van der Waals surface area contributed by atoms with Gasteiger partial charge in [-0.3, -0.25) is 0 Å². The molecule has 2 aromatic rings. The number of hydrogen-bond donors (Lipinski definition) is 1. The number of halogens is 1. The third kappa shape index (κ3) is 4.24. The standard InChI is InChI=1S/C14H19FN4O2/c1-20-7-6-16-8-13-17-10-19(18-13)9-11-4-3-5-12(21-2)14(11)15/h3-5,10,16H,6-9H2,1-2H3. The Morgan fingerprint density at radius 2 is 2.19 bits per heavy atom. The molecule has 0 spiro atoms. The number of rotatable bonds is 8. The van der Waals surface area contributed by atoms with Crippen molar-refractivity contribution < 1.29 is 13.9 Å². The summed E-state index contributed by atoms with van der Waals surface area (Å²) in [7, 11) is 3.10. The van der Waals surface area contributed by atoms with Crippen molar-refractivity contribution >= 4 is 0 Å². The quantitative estimate of drug-likeness (QED) is 0.742. The molecule has 0 saturated heterocycles. The fourth-order valence-corrected chi connectivity index (χ4v) is 1.88. The van der Waals surface area contributed by atoms with Gasteiger partial charge < -0.3 is 14.8 Å². The third-order valence-corrected chi connectivity index (χ3v) is 2.95. The van der Waals surface area contributed by atoms with E-state index in [1.54, 1.807) is 36.3 Å². The second-order valence-corrected chi connectivity index (χ2v) is 4.46. The molecule has 6 nitrogen and oxygen atoms in total. The lowest BCUT2D eigenvalue weighted by molar-refractivity contribution is 0.199. The Morgan fingerprint density at radius 3 is 2.95 bits per heavy atom. The van der Waals surface area contributed by atoms with Gasteiger partial charge in [0.05, 0.1) is 26.8 Å². The van der Waals surface area contributed by atoms with Crippen molar-refractivity contribution in [1.82, 2.24) is 20.1 Å². The highest BCUT2D eigenvalue weighted by Gasteiger charge is 2.09. The zero-order valence-corrected chi connectivity index (χ0v) is 12.2. The van der Waals surface area contributed by atoms with Gasteiger partial charge in [-0.2, -0.15) is 5.10 Å². The fraction of sp³-hybridized carbons (Fsp3) is 0.429. The van der Waals surface area contributed by atoms with E-state index in [1.165, 1.54) is 7.11 Å². The summed E-state index contributed by atoms with van der Waals surface area (Å²) in [5.74, 6) is 0.527. The van der Waals surface area contributed by atoms with E-state index >= 15 is 0 Å². The summed E-state index contributed by atoms with van der Waals surface area (Å²) in [5, 5.41) is 7.45. The molecule has 0 saturated carbocycles. The van der Waals surface area contributed by atoms with Crippen LogP contribution >= 0.6 is 0 Å². The van der Waals surface area contributed by atoms with Crippen molar-refractivity contribution in [3.8, 4) is 5.75 Å². The number of nitrogens with zero attached hydrogens (tertiary/aromatic N) is 3. The number of benzene rings is 1. The molecule has 1 aromatic carbocycles. The topological polar surface area (TPSA) is 61.2 Å². The van der Waals surface area contributed by atoms with E-state index in [0.29, 0.717) is 31.1 Å². The van der Waals surface area contributed by atoms with Gasteiger partial charge in [-0.15, -0.1) is 0 Å². The minimum absolute atomic E-state index is 0.231. The molecule has 1 heterocycles. The molecule has 0 amide bonds. The van der Waals surface area contributed by atoms with E-state index in [2.05, 4.69) is 15.4 Å². The minimum Gasteiger partial charge on any atom is -0.494 e. The van der Waals surface area contributed by atoms with Crippen LogP contribution in [0.4, 0.5) is 4.39 Å². The Kier molecular flexibility index (Phi) is 5.65. The van der Waals surface area contributed by atoms with Gasteiger partial charge in [0.15, 0.2) is 17.4 Å². The molecule has 0 aliphatic carbocycles. The van der Waals surface area contributed by atoms with Gasteiger partial charge in [0.1, 0.15) is 6.33 Å². The zero-order valence-electron chi connectivity index (χ0n) is 12.2. The molecule has 1 N–H and O–H groups in total. The van der Waals surface area contributed by atoms with Crippen LogP contribution in [0, 0.1) is 5.82 Å². The molecule has 0 radical (unpaired) electrons. The predicted octanol–water partition coefficient (Wildman–Crippen LogP) is 1.21. The lowest BCUT2D eigenvalue weighted by Gasteiger charge is -2.07. The summed E-state index contributed by atoms with van der Waals surface area (Å²) in [6.07, 6.45) is 1.59. The van der Waals surface area contributed by atoms with Gasteiger partial charge in [-0.25, -0.2) is 14.1 Å². The van der Waals surface area contributed by atoms with E-state index < -0.39 is 0 Å². The summed E-state index contributed by atoms with van der Waals surface area (Å²) >= 11 is 0. The largest absolute Gasteiger partial charge is 0.494 e. The molecule has 2 rings (SSSR count). The van der Waals surface area contributed by atoms with Gasteiger partial charge >= 0.3 is 0 Å². The number of aromatic nitrogens is 3. The normalized spacial score (nSPS) is 10.8. The first kappa shape index (κ1) is 15.4. The molecule has 0 unspecified atom stereocenters. The number of nitrogens with one attached hydrogen (secondary N) is 1. The summed E-state index contributed by atoms with van der Waals surface area (Å²) < 4.78 is 25.5. The van der Waals surface area contributed by atoms with Gasteiger partial charge in [-0.1, -0.05) is 12.1 Å². The Bertz CT molecular complexity index is 574. The van der Waals surface area contributed by atoms with Gasteiger partial charge in [0, 0.05) is 19.2 Å². The molecular formula is C14H19FN4O2. The number of hydrogen-bond acceptors (Lipinski definition) is 5. The lowest BCUT2D eigenvalue weighted by Crippen LogP contribution is -2.19. The van der Waals surface area contributed by atoms with Crippen LogP contribution < -0.4 is 10.1 Å². The summed E-state index contributed by atoms with van der Waals surface area (Å²) in [4.78, 5) is 4.18. The molecular weight excluding hydrogens is 275 g/mol. The molecule has 0 aliphatic rings. The van der Waals surface area contributed by atoms with Crippen LogP contribution in [0.3, 0.4) is 0 Å². The van der Waals surface area contributed by atoms with E-state index in [4.69, 9.17) is 9.47 Å². The predicted molar refractivity (Wildman–Crippen MR) is 75.7 cm³/mol. The van der Waals surface area contributed by atoms with Crippen LogP contribution in [0.2, 0.25) is 0 Å². The van der Waals surface area contributed by atoms with Crippen LogP contribution in [0.1, 0.15) is 11.4 Å². The highest BCUT2D eigenvalue weighted by atomic mass is 19.1. The van der Waals surface area contributed by atoms with Crippen molar-refractivity contribution in [2.24, 2.45) is 0 Å². The fourth-order valence-electron chi connectivity index (χ4n) is 1.88. The second-order valence-electron chi connectivity index (χ2n) is 4.46. The van der Waals surface area contributed by atoms with Crippen molar-refractivity contribution in [3.05, 3.63) is 41.7 Å². The monoisotopic (exact) mass is 294 g/mol. The second kappa shape index (κ2) is 7.70. The molecule has 0 atom stereocenters. The SMILES string of the molecule is COCCNCc1ncn(Cc2cccc(OC)c2F)n1. The molecule has 1 aromatic heterocycles. The van der Waals surface area contributed by atoms with Crippen molar-refractivity contribution in [2.75, 3.05) is 27.4 Å². The average molecular weight is 294 g/mol. The minimum atomic E-state index is -0.365. The first-order valence-electron chi connectivity index (χ1n) is 6.64. The lowest BCUT2D eigenvalue weighted by atomic mass is 10.2. The maximum Gasteiger partial charge on any atom is 0.170 e. The third-order valence-electron chi connectivity index (χ3n) is 2.95. The summed E-state index contributed by atoms with van der Waals surface area (Å²) in [6.45, 7) is 2.23. The maximum absolute atomic E-state index is 14.0. The smallest absolute Gasteiger partial charge is 0.170 e. The number of ether oxygens (including phenoxy) is 2. The molecule has 114 valence electrons. The molecule has 0 bridgehead atoms.